The van der Waals surface area contributed by atoms with Crippen LogP contribution in [0.25, 0.3) is 0 Å². The number of nitrogens with one attached hydrogen (secondary N) is 1. The molecule has 116 valence electrons. The van der Waals surface area contributed by atoms with Gasteiger partial charge < -0.3 is 15.2 Å². The summed E-state index contributed by atoms with van der Waals surface area (Å²) in [6.07, 6.45) is 1.55. The van der Waals surface area contributed by atoms with Crippen LogP contribution >= 0.6 is 11.3 Å². The normalized spacial score (nSPS) is 11.9. The second-order valence-electron chi connectivity index (χ2n) is 4.19. The molecule has 0 atom stereocenters. The summed E-state index contributed by atoms with van der Waals surface area (Å²) in [6.45, 7) is 2.52. The number of sulfonamides is 1. The van der Waals surface area contributed by atoms with Gasteiger partial charge in [0.1, 0.15) is 4.21 Å². The molecular formula is C12H22N2O4S2. The van der Waals surface area contributed by atoms with E-state index in [0.717, 1.165) is 18.4 Å². The molecular weight excluding hydrogens is 300 g/mol. The van der Waals surface area contributed by atoms with Gasteiger partial charge in [0.25, 0.3) is 0 Å². The van der Waals surface area contributed by atoms with Crippen molar-refractivity contribution in [3.63, 3.8) is 0 Å². The minimum Gasteiger partial charge on any atom is -0.382 e. The summed E-state index contributed by atoms with van der Waals surface area (Å²) in [5, 5.41) is 1.76. The molecule has 3 N–H and O–H groups in total. The minimum atomic E-state index is -3.40. The quantitative estimate of drug-likeness (QED) is 0.591. The third kappa shape index (κ3) is 6.29. The van der Waals surface area contributed by atoms with E-state index in [2.05, 4.69) is 4.72 Å². The van der Waals surface area contributed by atoms with E-state index in [1.54, 1.807) is 18.6 Å². The number of thiophene rings is 1. The van der Waals surface area contributed by atoms with Crippen molar-refractivity contribution in [2.75, 3.05) is 33.5 Å². The first kappa shape index (κ1) is 17.5. The Morgan fingerprint density at radius 3 is 2.75 bits per heavy atom. The van der Waals surface area contributed by atoms with Gasteiger partial charge in [0.05, 0.1) is 13.2 Å². The Morgan fingerprint density at radius 1 is 1.30 bits per heavy atom. The maximum Gasteiger partial charge on any atom is 0.250 e. The summed E-state index contributed by atoms with van der Waals surface area (Å²) in [5.74, 6) is 0. The lowest BCUT2D eigenvalue weighted by Crippen LogP contribution is -2.24. The van der Waals surface area contributed by atoms with Gasteiger partial charge in [-0.1, -0.05) is 0 Å². The van der Waals surface area contributed by atoms with Gasteiger partial charge in [-0.25, -0.2) is 13.1 Å². The third-order valence-electron chi connectivity index (χ3n) is 2.57. The smallest absolute Gasteiger partial charge is 0.250 e. The van der Waals surface area contributed by atoms with Crippen LogP contribution in [0.5, 0.6) is 0 Å². The summed E-state index contributed by atoms with van der Waals surface area (Å²) < 4.78 is 36.9. The number of methoxy groups -OCH3 is 1. The van der Waals surface area contributed by atoms with Gasteiger partial charge in [0, 0.05) is 26.8 Å². The molecule has 1 aromatic rings. The van der Waals surface area contributed by atoms with Crippen LogP contribution in [0.15, 0.2) is 15.7 Å². The first-order chi connectivity index (χ1) is 9.60. The standard InChI is InChI=1S/C12H22N2O4S2/c1-17-6-7-18-5-3-2-4-14-20(15,16)12-8-11(9-13)10-19-12/h8,10,14H,2-7,9,13H2,1H3. The highest BCUT2D eigenvalue weighted by Gasteiger charge is 2.15. The summed E-state index contributed by atoms with van der Waals surface area (Å²) in [7, 11) is -1.77. The zero-order chi connectivity index (χ0) is 14.8. The van der Waals surface area contributed by atoms with Gasteiger partial charge in [0.15, 0.2) is 0 Å². The molecule has 1 rings (SSSR count). The molecule has 0 bridgehead atoms. The lowest BCUT2D eigenvalue weighted by atomic mass is 10.3. The van der Waals surface area contributed by atoms with E-state index in [9.17, 15) is 8.42 Å². The van der Waals surface area contributed by atoms with Crippen LogP contribution in [0.2, 0.25) is 0 Å². The summed E-state index contributed by atoms with van der Waals surface area (Å²) in [6, 6.07) is 1.61. The van der Waals surface area contributed by atoms with E-state index < -0.39 is 10.0 Å². The molecule has 1 heterocycles. The van der Waals surface area contributed by atoms with Crippen molar-refractivity contribution in [3.8, 4) is 0 Å². The van der Waals surface area contributed by atoms with Crippen molar-refractivity contribution in [1.82, 2.24) is 4.72 Å². The monoisotopic (exact) mass is 322 g/mol. The average Bonchev–Trinajstić information content (AvgIpc) is 2.91. The van der Waals surface area contributed by atoms with Gasteiger partial charge in [-0.2, -0.15) is 0 Å². The molecule has 0 saturated carbocycles. The lowest BCUT2D eigenvalue weighted by molar-refractivity contribution is 0.0689. The van der Waals surface area contributed by atoms with Crippen LogP contribution in [-0.4, -0.2) is 41.9 Å². The Hall–Kier alpha value is -0.510. The highest BCUT2D eigenvalue weighted by atomic mass is 32.2. The number of ether oxygens (including phenoxy) is 2. The molecule has 0 unspecified atom stereocenters. The lowest BCUT2D eigenvalue weighted by Gasteiger charge is -2.05. The second-order valence-corrected chi connectivity index (χ2v) is 7.09. The highest BCUT2D eigenvalue weighted by molar-refractivity contribution is 7.91. The molecule has 1 aromatic heterocycles. The highest BCUT2D eigenvalue weighted by Crippen LogP contribution is 2.19. The molecule has 0 radical (unpaired) electrons. The van der Waals surface area contributed by atoms with E-state index in [-0.39, 0.29) is 0 Å². The maximum absolute atomic E-state index is 11.9. The maximum atomic E-state index is 11.9. The first-order valence-electron chi connectivity index (χ1n) is 6.44. The molecule has 0 spiro atoms. The molecule has 0 aliphatic carbocycles. The van der Waals surface area contributed by atoms with Gasteiger partial charge in [-0.05, 0) is 29.9 Å². The largest absolute Gasteiger partial charge is 0.382 e. The van der Waals surface area contributed by atoms with E-state index >= 15 is 0 Å². The molecule has 8 heteroatoms. The Labute approximate surface area is 124 Å². The van der Waals surface area contributed by atoms with Gasteiger partial charge >= 0.3 is 0 Å². The zero-order valence-corrected chi connectivity index (χ0v) is 13.3. The van der Waals surface area contributed by atoms with E-state index in [1.807, 2.05) is 0 Å². The Bertz CT molecular complexity index is 474. The van der Waals surface area contributed by atoms with Crippen LogP contribution in [-0.2, 0) is 26.0 Å². The fourth-order valence-electron chi connectivity index (χ4n) is 1.45. The zero-order valence-electron chi connectivity index (χ0n) is 11.6. The van der Waals surface area contributed by atoms with E-state index in [4.69, 9.17) is 15.2 Å². The molecule has 0 amide bonds. The average molecular weight is 322 g/mol. The first-order valence-corrected chi connectivity index (χ1v) is 8.80. The summed E-state index contributed by atoms with van der Waals surface area (Å²) >= 11 is 1.19. The number of hydrogen-bond acceptors (Lipinski definition) is 6. The minimum absolute atomic E-state index is 0.314. The van der Waals surface area contributed by atoms with Gasteiger partial charge in [-0.3, -0.25) is 0 Å². The van der Waals surface area contributed by atoms with Gasteiger partial charge in [0.2, 0.25) is 10.0 Å². The number of rotatable bonds is 11. The van der Waals surface area contributed by atoms with Crippen molar-refractivity contribution in [2.45, 2.75) is 23.6 Å². The summed E-state index contributed by atoms with van der Waals surface area (Å²) in [4.78, 5) is 0. The van der Waals surface area contributed by atoms with Crippen molar-refractivity contribution < 1.29 is 17.9 Å². The van der Waals surface area contributed by atoms with Crippen molar-refractivity contribution in [2.24, 2.45) is 5.73 Å². The number of nitrogens with two attached hydrogens (primary N) is 1. The molecule has 6 nitrogen and oxygen atoms in total. The van der Waals surface area contributed by atoms with Crippen molar-refractivity contribution in [3.05, 3.63) is 17.0 Å². The Morgan fingerprint density at radius 2 is 2.10 bits per heavy atom. The fraction of sp³-hybridized carbons (Fsp3) is 0.667. The molecule has 0 aromatic carbocycles. The topological polar surface area (TPSA) is 90.6 Å². The number of hydrogen-bond donors (Lipinski definition) is 2. The van der Waals surface area contributed by atoms with Crippen molar-refractivity contribution >= 4 is 21.4 Å². The third-order valence-corrected chi connectivity index (χ3v) is 5.52. The Kier molecular flexibility index (Phi) is 8.27. The van der Waals surface area contributed by atoms with Crippen molar-refractivity contribution in [1.29, 1.82) is 0 Å². The fourth-order valence-corrected chi connectivity index (χ4v) is 3.79. The SMILES string of the molecule is COCCOCCCCNS(=O)(=O)c1cc(CN)cs1. The van der Waals surface area contributed by atoms with Gasteiger partial charge in [-0.15, -0.1) is 11.3 Å². The van der Waals surface area contributed by atoms with E-state index in [1.165, 1.54) is 11.3 Å². The molecule has 20 heavy (non-hydrogen) atoms. The van der Waals surface area contributed by atoms with Crippen LogP contribution in [0.3, 0.4) is 0 Å². The second kappa shape index (κ2) is 9.43. The predicted molar refractivity (Wildman–Crippen MR) is 79.3 cm³/mol. The molecule has 0 saturated heterocycles. The van der Waals surface area contributed by atoms with Crippen LogP contribution < -0.4 is 10.5 Å². The molecule has 0 aliphatic rings. The molecule has 0 fully saturated rings. The van der Waals surface area contributed by atoms with E-state index in [0.29, 0.717) is 37.1 Å². The van der Waals surface area contributed by atoms with Crippen LogP contribution in [0.1, 0.15) is 18.4 Å². The number of unbranched alkanes of at least 4 members (excludes halogenated alkanes) is 1. The Balaban J connectivity index is 2.20. The molecule has 0 aliphatic heterocycles. The van der Waals surface area contributed by atoms with Crippen LogP contribution in [0, 0.1) is 0 Å². The predicted octanol–water partition coefficient (Wildman–Crippen LogP) is 0.928. The summed E-state index contributed by atoms with van der Waals surface area (Å²) in [5.41, 5.74) is 6.30. The van der Waals surface area contributed by atoms with Crippen LogP contribution in [0.4, 0.5) is 0 Å².